The molecule has 6 nitrogen and oxygen atoms in total. The molecule has 1 aliphatic rings. The molecule has 0 unspecified atom stereocenters. The molecule has 1 aliphatic heterocycles. The lowest BCUT2D eigenvalue weighted by molar-refractivity contribution is -0.118. The quantitative estimate of drug-likeness (QED) is 0.452. The maximum Gasteiger partial charge on any atom is 0.262 e. The summed E-state index contributed by atoms with van der Waals surface area (Å²) in [6, 6.07) is 21.7. The number of anilines is 2. The lowest BCUT2D eigenvalue weighted by Crippen LogP contribution is -2.25. The number of amides is 1. The summed E-state index contributed by atoms with van der Waals surface area (Å²) in [7, 11) is 0. The lowest BCUT2D eigenvalue weighted by atomic mass is 10.2. The second-order valence-corrected chi connectivity index (χ2v) is 8.03. The van der Waals surface area contributed by atoms with Gasteiger partial charge in [0.05, 0.1) is 22.8 Å². The van der Waals surface area contributed by atoms with E-state index < -0.39 is 0 Å². The topological polar surface area (TPSA) is 68.2 Å². The molecule has 2 N–H and O–H groups in total. The number of fused-ring (bicyclic) bond motifs is 2. The largest absolute Gasteiger partial charge is 0.482 e. The molecule has 0 spiro atoms. The van der Waals surface area contributed by atoms with Crippen LogP contribution in [-0.4, -0.2) is 22.1 Å². The van der Waals surface area contributed by atoms with Crippen molar-refractivity contribution in [3.8, 4) is 5.75 Å². The predicted octanol–water partition coefficient (Wildman–Crippen LogP) is 5.24. The normalized spacial score (nSPS) is 13.9. The van der Waals surface area contributed by atoms with E-state index in [-0.39, 0.29) is 18.6 Å². The van der Waals surface area contributed by atoms with E-state index in [0.29, 0.717) is 23.0 Å². The van der Waals surface area contributed by atoms with Crippen LogP contribution in [-0.2, 0) is 11.3 Å². The first-order valence-electron chi connectivity index (χ1n) is 10.1. The lowest BCUT2D eigenvalue weighted by Gasteiger charge is -2.21. The number of carbonyl (C=O) groups is 1. The van der Waals surface area contributed by atoms with Gasteiger partial charge in [0.15, 0.2) is 6.61 Å². The SMILES string of the molecule is C[C@@H](Nc1ccc2c(c1)NC(=O)CO2)c1nc2cc(Cl)ccc2n1Cc1ccccc1. The highest BCUT2D eigenvalue weighted by Crippen LogP contribution is 2.32. The molecule has 0 saturated carbocycles. The number of benzene rings is 3. The van der Waals surface area contributed by atoms with E-state index in [2.05, 4.69) is 34.3 Å². The summed E-state index contributed by atoms with van der Waals surface area (Å²) in [4.78, 5) is 16.5. The minimum atomic E-state index is -0.153. The van der Waals surface area contributed by atoms with Crippen LogP contribution in [0.25, 0.3) is 11.0 Å². The second kappa shape index (κ2) is 7.96. The number of hydrogen-bond acceptors (Lipinski definition) is 4. The molecular weight excluding hydrogens is 412 g/mol. The molecule has 3 aromatic carbocycles. The maximum absolute atomic E-state index is 11.6. The molecule has 1 atom stereocenters. The Kier molecular flexibility index (Phi) is 5.00. The molecule has 4 aromatic rings. The third-order valence-electron chi connectivity index (χ3n) is 5.31. The monoisotopic (exact) mass is 432 g/mol. The molecule has 0 aliphatic carbocycles. The molecule has 0 saturated heterocycles. The zero-order valence-electron chi connectivity index (χ0n) is 16.9. The van der Waals surface area contributed by atoms with Crippen molar-refractivity contribution >= 4 is 39.9 Å². The van der Waals surface area contributed by atoms with E-state index >= 15 is 0 Å². The van der Waals surface area contributed by atoms with Gasteiger partial charge in [-0.2, -0.15) is 0 Å². The molecule has 7 heteroatoms. The Morgan fingerprint density at radius 1 is 1.16 bits per heavy atom. The number of carbonyl (C=O) groups excluding carboxylic acids is 1. The van der Waals surface area contributed by atoms with Crippen molar-refractivity contribution in [2.24, 2.45) is 0 Å². The number of rotatable bonds is 5. The van der Waals surface area contributed by atoms with Crippen LogP contribution < -0.4 is 15.4 Å². The Labute approximate surface area is 184 Å². The van der Waals surface area contributed by atoms with Gasteiger partial charge in [0.2, 0.25) is 0 Å². The van der Waals surface area contributed by atoms with Crippen molar-refractivity contribution in [2.75, 3.05) is 17.2 Å². The third kappa shape index (κ3) is 3.94. The third-order valence-corrected chi connectivity index (χ3v) is 5.54. The van der Waals surface area contributed by atoms with Crippen LogP contribution in [0.4, 0.5) is 11.4 Å². The van der Waals surface area contributed by atoms with Crippen LogP contribution >= 0.6 is 11.6 Å². The minimum Gasteiger partial charge on any atom is -0.482 e. The van der Waals surface area contributed by atoms with E-state index in [9.17, 15) is 4.79 Å². The molecular formula is C24H21ClN4O2. The fraction of sp³-hybridized carbons (Fsp3) is 0.167. The number of halogens is 1. The van der Waals surface area contributed by atoms with Crippen LogP contribution in [0.3, 0.4) is 0 Å². The zero-order valence-corrected chi connectivity index (χ0v) is 17.7. The molecule has 2 heterocycles. The van der Waals surface area contributed by atoms with E-state index in [1.54, 1.807) is 0 Å². The highest BCUT2D eigenvalue weighted by molar-refractivity contribution is 6.31. The number of aromatic nitrogens is 2. The summed E-state index contributed by atoms with van der Waals surface area (Å²) in [5, 5.41) is 7.01. The summed E-state index contributed by atoms with van der Waals surface area (Å²) in [6.07, 6.45) is 0. The maximum atomic E-state index is 11.6. The van der Waals surface area contributed by atoms with Crippen LogP contribution in [0.15, 0.2) is 66.7 Å². The summed E-state index contributed by atoms with van der Waals surface area (Å²) in [5.41, 5.74) is 4.62. The molecule has 0 radical (unpaired) electrons. The summed E-state index contributed by atoms with van der Waals surface area (Å²) in [5.74, 6) is 1.42. The molecule has 0 fully saturated rings. The van der Waals surface area contributed by atoms with Gasteiger partial charge >= 0.3 is 0 Å². The number of imidazole rings is 1. The standard InChI is InChI=1S/C24H21ClN4O2/c1-15(26-18-8-10-22-20(12-18)27-23(30)14-31-22)24-28-19-11-17(25)7-9-21(19)29(24)13-16-5-3-2-4-6-16/h2-12,15,26H,13-14H2,1H3,(H,27,30)/t15-/m1/s1. The Hall–Kier alpha value is -3.51. The first-order chi connectivity index (χ1) is 15.1. The van der Waals surface area contributed by atoms with Crippen molar-refractivity contribution in [3.63, 3.8) is 0 Å². The zero-order chi connectivity index (χ0) is 21.4. The second-order valence-electron chi connectivity index (χ2n) is 7.59. The van der Waals surface area contributed by atoms with Crippen LogP contribution in [0, 0.1) is 0 Å². The first kappa shape index (κ1) is 19.5. The first-order valence-corrected chi connectivity index (χ1v) is 10.5. The van der Waals surface area contributed by atoms with Gasteiger partial charge in [-0.3, -0.25) is 4.79 Å². The highest BCUT2D eigenvalue weighted by atomic mass is 35.5. The molecule has 0 bridgehead atoms. The van der Waals surface area contributed by atoms with Crippen LogP contribution in [0.2, 0.25) is 5.02 Å². The Morgan fingerprint density at radius 3 is 2.84 bits per heavy atom. The molecule has 156 valence electrons. The van der Waals surface area contributed by atoms with Crippen molar-refractivity contribution in [3.05, 3.63) is 83.1 Å². The Morgan fingerprint density at radius 2 is 2.00 bits per heavy atom. The average Bonchev–Trinajstić information content (AvgIpc) is 3.11. The van der Waals surface area contributed by atoms with Crippen molar-refractivity contribution in [1.82, 2.24) is 9.55 Å². The summed E-state index contributed by atoms with van der Waals surface area (Å²) >= 11 is 6.22. The van der Waals surface area contributed by atoms with Crippen molar-refractivity contribution in [2.45, 2.75) is 19.5 Å². The molecule has 1 aromatic heterocycles. The van der Waals surface area contributed by atoms with Crippen molar-refractivity contribution < 1.29 is 9.53 Å². The number of hydrogen-bond donors (Lipinski definition) is 2. The summed E-state index contributed by atoms with van der Waals surface area (Å²) < 4.78 is 7.66. The average molecular weight is 433 g/mol. The van der Waals surface area contributed by atoms with E-state index in [0.717, 1.165) is 22.5 Å². The fourth-order valence-electron chi connectivity index (χ4n) is 3.87. The van der Waals surface area contributed by atoms with Gasteiger partial charge in [0.25, 0.3) is 5.91 Å². The minimum absolute atomic E-state index is 0.0439. The number of nitrogens with zero attached hydrogens (tertiary/aromatic N) is 2. The smallest absolute Gasteiger partial charge is 0.262 e. The Balaban J connectivity index is 1.49. The number of nitrogens with one attached hydrogen (secondary N) is 2. The molecule has 5 rings (SSSR count). The molecule has 1 amide bonds. The van der Waals surface area contributed by atoms with Gasteiger partial charge < -0.3 is 19.9 Å². The van der Waals surface area contributed by atoms with Crippen LogP contribution in [0.1, 0.15) is 24.4 Å². The van der Waals surface area contributed by atoms with Gasteiger partial charge in [0, 0.05) is 17.3 Å². The van der Waals surface area contributed by atoms with E-state index in [1.807, 2.05) is 54.6 Å². The van der Waals surface area contributed by atoms with E-state index in [1.165, 1.54) is 5.56 Å². The van der Waals surface area contributed by atoms with E-state index in [4.69, 9.17) is 21.3 Å². The van der Waals surface area contributed by atoms with Gasteiger partial charge in [-0.05, 0) is 48.9 Å². The Bertz CT molecular complexity index is 1270. The fourth-order valence-corrected chi connectivity index (χ4v) is 4.04. The highest BCUT2D eigenvalue weighted by Gasteiger charge is 2.20. The van der Waals surface area contributed by atoms with Gasteiger partial charge in [-0.15, -0.1) is 0 Å². The predicted molar refractivity (Wildman–Crippen MR) is 123 cm³/mol. The molecule has 31 heavy (non-hydrogen) atoms. The summed E-state index contributed by atoms with van der Waals surface area (Å²) in [6.45, 7) is 2.81. The van der Waals surface area contributed by atoms with Crippen LogP contribution in [0.5, 0.6) is 5.75 Å². The van der Waals surface area contributed by atoms with Crippen molar-refractivity contribution in [1.29, 1.82) is 0 Å². The van der Waals surface area contributed by atoms with Gasteiger partial charge in [-0.1, -0.05) is 41.9 Å². The van der Waals surface area contributed by atoms with Gasteiger partial charge in [-0.25, -0.2) is 4.98 Å². The van der Waals surface area contributed by atoms with Gasteiger partial charge in [0.1, 0.15) is 11.6 Å². The number of ether oxygens (including phenoxy) is 1.